The summed E-state index contributed by atoms with van der Waals surface area (Å²) in [5, 5.41) is 11.1. The fourth-order valence-electron chi connectivity index (χ4n) is 3.28. The van der Waals surface area contributed by atoms with Gasteiger partial charge in [0.05, 0.1) is 17.9 Å². The lowest BCUT2D eigenvalue weighted by Gasteiger charge is -2.09. The minimum Gasteiger partial charge on any atom is -0.380 e. The lowest BCUT2D eigenvalue weighted by molar-refractivity contribution is 0.102. The molecule has 0 aliphatic rings. The van der Waals surface area contributed by atoms with Crippen molar-refractivity contribution in [2.24, 2.45) is 7.05 Å². The molecule has 2 heterocycles. The number of thioether (sulfide) groups is 1. The average Bonchev–Trinajstić information content (AvgIpc) is 2.91. The molecule has 0 saturated heterocycles. The molecule has 0 spiro atoms. The van der Waals surface area contributed by atoms with Gasteiger partial charge in [0.2, 0.25) is 0 Å². The van der Waals surface area contributed by atoms with Crippen LogP contribution in [0.25, 0.3) is 10.9 Å². The van der Waals surface area contributed by atoms with E-state index in [4.69, 9.17) is 4.74 Å². The Labute approximate surface area is 163 Å². The Morgan fingerprint density at radius 3 is 2.78 bits per heavy atom. The van der Waals surface area contributed by atoms with Crippen LogP contribution in [0, 0.1) is 25.2 Å². The number of fused-ring (bicyclic) bond motifs is 1. The van der Waals surface area contributed by atoms with Crippen LogP contribution in [0.1, 0.15) is 32.9 Å². The Morgan fingerprint density at radius 2 is 2.07 bits per heavy atom. The van der Waals surface area contributed by atoms with Crippen LogP contribution in [0.4, 0.5) is 0 Å². The molecule has 5 nitrogen and oxygen atoms in total. The number of ketones is 1. The lowest BCUT2D eigenvalue weighted by Crippen LogP contribution is -2.06. The molecule has 0 aliphatic carbocycles. The van der Waals surface area contributed by atoms with Crippen LogP contribution in [-0.4, -0.2) is 28.2 Å². The average molecular weight is 379 g/mol. The van der Waals surface area contributed by atoms with Gasteiger partial charge in [-0.25, -0.2) is 4.98 Å². The summed E-state index contributed by atoms with van der Waals surface area (Å²) >= 11 is 1.31. The predicted octanol–water partition coefficient (Wildman–Crippen LogP) is 4.18. The zero-order valence-electron chi connectivity index (χ0n) is 15.9. The maximum atomic E-state index is 13.0. The molecule has 138 valence electrons. The molecule has 0 atom stereocenters. The van der Waals surface area contributed by atoms with Gasteiger partial charge in [-0.3, -0.25) is 4.79 Å². The third-order valence-corrected chi connectivity index (χ3v) is 5.60. The van der Waals surface area contributed by atoms with Crippen molar-refractivity contribution in [1.82, 2.24) is 9.55 Å². The van der Waals surface area contributed by atoms with Crippen molar-refractivity contribution in [1.29, 1.82) is 5.26 Å². The van der Waals surface area contributed by atoms with Crippen molar-refractivity contribution in [3.8, 4) is 6.07 Å². The number of benzene rings is 1. The van der Waals surface area contributed by atoms with Gasteiger partial charge in [-0.1, -0.05) is 30.0 Å². The number of nitrogens with zero attached hydrogens (tertiary/aromatic N) is 3. The van der Waals surface area contributed by atoms with E-state index in [0.717, 1.165) is 33.4 Å². The van der Waals surface area contributed by atoms with Crippen LogP contribution in [0.15, 0.2) is 35.4 Å². The van der Waals surface area contributed by atoms with Gasteiger partial charge in [-0.15, -0.1) is 0 Å². The van der Waals surface area contributed by atoms with E-state index in [2.05, 4.69) is 11.1 Å². The summed E-state index contributed by atoms with van der Waals surface area (Å²) in [6.07, 6.45) is 0. The van der Waals surface area contributed by atoms with Gasteiger partial charge in [-0.05, 0) is 31.5 Å². The number of carbonyl (C=O) groups excluding carboxylic acids is 1. The molecule has 0 N–H and O–H groups in total. The largest absolute Gasteiger partial charge is 0.380 e. The Balaban J connectivity index is 1.92. The molecule has 0 fully saturated rings. The minimum absolute atomic E-state index is 0.0368. The van der Waals surface area contributed by atoms with E-state index in [1.807, 2.05) is 55.8 Å². The van der Waals surface area contributed by atoms with Crippen molar-refractivity contribution in [3.63, 3.8) is 0 Å². The molecule has 3 aromatic rings. The number of hydrogen-bond donors (Lipinski definition) is 0. The topological polar surface area (TPSA) is 67.9 Å². The van der Waals surface area contributed by atoms with E-state index in [1.54, 1.807) is 7.11 Å². The van der Waals surface area contributed by atoms with Gasteiger partial charge in [0, 0.05) is 42.0 Å². The summed E-state index contributed by atoms with van der Waals surface area (Å²) in [5.41, 5.74) is 4.80. The van der Waals surface area contributed by atoms with Crippen molar-refractivity contribution >= 4 is 28.4 Å². The third kappa shape index (κ3) is 3.61. The molecule has 0 unspecified atom stereocenters. The Kier molecular flexibility index (Phi) is 5.64. The van der Waals surface area contributed by atoms with Crippen LogP contribution < -0.4 is 0 Å². The van der Waals surface area contributed by atoms with Crippen LogP contribution in [0.2, 0.25) is 0 Å². The summed E-state index contributed by atoms with van der Waals surface area (Å²) in [6.45, 7) is 4.18. The minimum atomic E-state index is 0.0368. The van der Waals surface area contributed by atoms with Crippen molar-refractivity contribution in [3.05, 3.63) is 58.4 Å². The molecule has 0 bridgehead atoms. The van der Waals surface area contributed by atoms with Gasteiger partial charge in [-0.2, -0.15) is 5.26 Å². The maximum Gasteiger partial charge on any atom is 0.175 e. The Morgan fingerprint density at radius 1 is 1.33 bits per heavy atom. The number of rotatable bonds is 6. The number of aromatic nitrogens is 2. The summed E-state index contributed by atoms with van der Waals surface area (Å²) in [4.78, 5) is 17.5. The molecular weight excluding hydrogens is 358 g/mol. The first kappa shape index (κ1) is 19.2. The Bertz CT molecular complexity index is 1060. The van der Waals surface area contributed by atoms with Crippen LogP contribution >= 0.6 is 11.8 Å². The van der Waals surface area contributed by atoms with Gasteiger partial charge >= 0.3 is 0 Å². The van der Waals surface area contributed by atoms with Crippen molar-refractivity contribution in [2.75, 3.05) is 12.9 Å². The molecule has 3 rings (SSSR count). The molecule has 0 saturated carbocycles. The maximum absolute atomic E-state index is 13.0. The Hall–Kier alpha value is -2.62. The number of nitriles is 1. The molecule has 6 heteroatoms. The van der Waals surface area contributed by atoms with E-state index in [-0.39, 0.29) is 11.5 Å². The smallest absolute Gasteiger partial charge is 0.175 e. The van der Waals surface area contributed by atoms with Crippen molar-refractivity contribution < 1.29 is 9.53 Å². The van der Waals surface area contributed by atoms with Gasteiger partial charge in [0.1, 0.15) is 11.1 Å². The number of methoxy groups -OCH3 is 1. The molecule has 1 aromatic carbocycles. The first-order valence-corrected chi connectivity index (χ1v) is 9.56. The SMILES string of the molecule is COCc1cc(C)nc(SCC(=O)c2c(C)n(C)c3ccccc23)c1C#N. The van der Waals surface area contributed by atoms with E-state index in [0.29, 0.717) is 17.2 Å². The molecule has 0 amide bonds. The third-order valence-electron chi connectivity index (χ3n) is 4.63. The van der Waals surface area contributed by atoms with Crippen LogP contribution in [0.5, 0.6) is 0 Å². The fraction of sp³-hybridized carbons (Fsp3) is 0.286. The molecular formula is C21H21N3O2S. The second-order valence-electron chi connectivity index (χ2n) is 6.40. The normalized spacial score (nSPS) is 10.9. The van der Waals surface area contributed by atoms with E-state index in [1.165, 1.54) is 11.8 Å². The van der Waals surface area contributed by atoms with E-state index in [9.17, 15) is 10.1 Å². The first-order valence-electron chi connectivity index (χ1n) is 8.57. The second-order valence-corrected chi connectivity index (χ2v) is 7.36. The summed E-state index contributed by atoms with van der Waals surface area (Å²) < 4.78 is 7.22. The van der Waals surface area contributed by atoms with Crippen molar-refractivity contribution in [2.45, 2.75) is 25.5 Å². The predicted molar refractivity (Wildman–Crippen MR) is 107 cm³/mol. The number of ether oxygens (including phenoxy) is 1. The lowest BCUT2D eigenvalue weighted by atomic mass is 10.1. The van der Waals surface area contributed by atoms with Crippen LogP contribution in [0.3, 0.4) is 0 Å². The number of Topliss-reactive ketones (excluding diaryl/α,β-unsaturated/α-hetero) is 1. The summed E-state index contributed by atoms with van der Waals surface area (Å²) in [7, 11) is 3.56. The highest BCUT2D eigenvalue weighted by atomic mass is 32.2. The quantitative estimate of drug-likeness (QED) is 0.475. The molecule has 27 heavy (non-hydrogen) atoms. The fourth-order valence-corrected chi connectivity index (χ4v) is 4.22. The standard InChI is InChI=1S/C21H21N3O2S/c1-13-9-15(11-26-4)17(10-22)21(23-13)27-12-19(25)20-14(2)24(3)18-8-6-5-7-16(18)20/h5-9H,11-12H2,1-4H3. The number of aryl methyl sites for hydroxylation is 2. The first-order chi connectivity index (χ1) is 13.0. The zero-order chi connectivity index (χ0) is 19.6. The summed E-state index contributed by atoms with van der Waals surface area (Å²) in [5.74, 6) is 0.265. The molecule has 0 aliphatic heterocycles. The number of carbonyl (C=O) groups is 1. The highest BCUT2D eigenvalue weighted by Crippen LogP contribution is 2.29. The zero-order valence-corrected chi connectivity index (χ0v) is 16.7. The monoisotopic (exact) mass is 379 g/mol. The van der Waals surface area contributed by atoms with E-state index >= 15 is 0 Å². The highest BCUT2D eigenvalue weighted by Gasteiger charge is 2.20. The highest BCUT2D eigenvalue weighted by molar-refractivity contribution is 8.00. The number of hydrogen-bond acceptors (Lipinski definition) is 5. The molecule has 0 radical (unpaired) electrons. The molecule has 2 aromatic heterocycles. The number of pyridine rings is 1. The second kappa shape index (κ2) is 7.95. The van der Waals surface area contributed by atoms with Gasteiger partial charge in [0.15, 0.2) is 5.78 Å². The van der Waals surface area contributed by atoms with Crippen LogP contribution in [-0.2, 0) is 18.4 Å². The number of para-hydroxylation sites is 1. The van der Waals surface area contributed by atoms with Gasteiger partial charge < -0.3 is 9.30 Å². The van der Waals surface area contributed by atoms with E-state index < -0.39 is 0 Å². The van der Waals surface area contributed by atoms with Gasteiger partial charge in [0.25, 0.3) is 0 Å². The summed E-state index contributed by atoms with van der Waals surface area (Å²) in [6, 6.07) is 12.0.